The maximum Gasteiger partial charge on any atom is 0.194 e. The summed E-state index contributed by atoms with van der Waals surface area (Å²) in [5, 5.41) is 3.39. The molecule has 0 bridgehead atoms. The lowest BCUT2D eigenvalue weighted by Gasteiger charge is -2.21. The fourth-order valence-corrected chi connectivity index (χ4v) is 3.52. The molecule has 1 N–H and O–H groups in total. The SMILES string of the molecule is CN=C(NCc1cccn1C)N(C)Cc1ccc(Br)s1. The fraction of sp³-hybridized carbons (Fsp3) is 0.357. The number of hydrogen-bond donors (Lipinski definition) is 1. The summed E-state index contributed by atoms with van der Waals surface area (Å²) in [7, 11) is 5.91. The van der Waals surface area contributed by atoms with Gasteiger partial charge >= 0.3 is 0 Å². The molecule has 2 heterocycles. The fourth-order valence-electron chi connectivity index (χ4n) is 1.98. The minimum atomic E-state index is 0.772. The molecule has 0 aliphatic heterocycles. The number of nitrogens with zero attached hydrogens (tertiary/aromatic N) is 3. The van der Waals surface area contributed by atoms with Crippen molar-refractivity contribution in [2.24, 2.45) is 12.0 Å². The monoisotopic (exact) mass is 354 g/mol. The predicted octanol–water partition coefficient (Wildman–Crippen LogP) is 3.06. The van der Waals surface area contributed by atoms with Crippen LogP contribution in [-0.4, -0.2) is 29.5 Å². The van der Waals surface area contributed by atoms with Crippen LogP contribution >= 0.6 is 27.3 Å². The van der Waals surface area contributed by atoms with Gasteiger partial charge in [0, 0.05) is 37.9 Å². The molecular weight excluding hydrogens is 336 g/mol. The molecule has 2 rings (SSSR count). The number of halogens is 1. The number of aliphatic imine (C=N–C) groups is 1. The average molecular weight is 355 g/mol. The second-order valence-corrected chi connectivity index (χ2v) is 7.12. The molecule has 0 saturated heterocycles. The van der Waals surface area contributed by atoms with E-state index in [1.54, 1.807) is 11.3 Å². The molecule has 20 heavy (non-hydrogen) atoms. The molecular formula is C14H19BrN4S. The van der Waals surface area contributed by atoms with Gasteiger partial charge in [-0.2, -0.15) is 0 Å². The van der Waals surface area contributed by atoms with Gasteiger partial charge in [0.15, 0.2) is 5.96 Å². The van der Waals surface area contributed by atoms with Crippen LogP contribution < -0.4 is 5.32 Å². The zero-order valence-corrected chi connectivity index (χ0v) is 14.3. The zero-order chi connectivity index (χ0) is 14.5. The van der Waals surface area contributed by atoms with E-state index in [-0.39, 0.29) is 0 Å². The van der Waals surface area contributed by atoms with Gasteiger partial charge in [0.25, 0.3) is 0 Å². The van der Waals surface area contributed by atoms with E-state index in [1.807, 2.05) is 33.4 Å². The molecule has 0 aliphatic rings. The van der Waals surface area contributed by atoms with E-state index >= 15 is 0 Å². The van der Waals surface area contributed by atoms with Gasteiger partial charge in [-0.15, -0.1) is 11.3 Å². The van der Waals surface area contributed by atoms with Crippen LogP contribution in [0.1, 0.15) is 10.6 Å². The molecule has 0 atom stereocenters. The summed E-state index contributed by atoms with van der Waals surface area (Å²) in [6.07, 6.45) is 2.05. The van der Waals surface area contributed by atoms with E-state index in [0.717, 1.165) is 22.8 Å². The van der Waals surface area contributed by atoms with Crippen LogP contribution in [0.15, 0.2) is 39.2 Å². The molecule has 0 unspecified atom stereocenters. The van der Waals surface area contributed by atoms with Crippen LogP contribution in [0.4, 0.5) is 0 Å². The van der Waals surface area contributed by atoms with E-state index in [1.165, 1.54) is 10.6 Å². The highest BCUT2D eigenvalue weighted by atomic mass is 79.9. The zero-order valence-electron chi connectivity index (χ0n) is 11.9. The van der Waals surface area contributed by atoms with Crippen LogP contribution in [0.25, 0.3) is 0 Å². The third-order valence-electron chi connectivity index (χ3n) is 3.07. The molecule has 2 aromatic heterocycles. The highest BCUT2D eigenvalue weighted by molar-refractivity contribution is 9.11. The Morgan fingerprint density at radius 3 is 2.80 bits per heavy atom. The van der Waals surface area contributed by atoms with Gasteiger partial charge in [-0.25, -0.2) is 0 Å². The Hall–Kier alpha value is -1.27. The Morgan fingerprint density at radius 2 is 2.25 bits per heavy atom. The summed E-state index contributed by atoms with van der Waals surface area (Å²) < 4.78 is 3.27. The molecule has 0 aliphatic carbocycles. The first kappa shape index (κ1) is 15.1. The second-order valence-electron chi connectivity index (χ2n) is 4.57. The van der Waals surface area contributed by atoms with E-state index in [9.17, 15) is 0 Å². The van der Waals surface area contributed by atoms with Crippen LogP contribution in [0.5, 0.6) is 0 Å². The van der Waals surface area contributed by atoms with Gasteiger partial charge in [0.05, 0.1) is 16.9 Å². The van der Waals surface area contributed by atoms with Crippen LogP contribution in [0, 0.1) is 0 Å². The maximum absolute atomic E-state index is 4.34. The molecule has 0 amide bonds. The minimum Gasteiger partial charge on any atom is -0.353 e. The summed E-state index contributed by atoms with van der Waals surface area (Å²) in [6.45, 7) is 1.62. The van der Waals surface area contributed by atoms with Gasteiger partial charge in [-0.05, 0) is 40.2 Å². The van der Waals surface area contributed by atoms with E-state index in [2.05, 4.69) is 53.9 Å². The standard InChI is InChI=1S/C14H19BrN4S/c1-16-14(17-9-11-5-4-8-18(11)2)19(3)10-12-6-7-13(15)20-12/h4-8H,9-10H2,1-3H3,(H,16,17). The third kappa shape index (κ3) is 3.86. The highest BCUT2D eigenvalue weighted by Crippen LogP contribution is 2.22. The van der Waals surface area contributed by atoms with Gasteiger partial charge in [-0.1, -0.05) is 0 Å². The van der Waals surface area contributed by atoms with E-state index < -0.39 is 0 Å². The van der Waals surface area contributed by atoms with Crippen molar-refractivity contribution >= 4 is 33.2 Å². The molecule has 0 saturated carbocycles. The van der Waals surface area contributed by atoms with E-state index in [4.69, 9.17) is 0 Å². The number of rotatable bonds is 4. The summed E-state index contributed by atoms with van der Waals surface area (Å²) in [4.78, 5) is 7.77. The predicted molar refractivity (Wildman–Crippen MR) is 89.1 cm³/mol. The lowest BCUT2D eigenvalue weighted by molar-refractivity contribution is 0.480. The summed E-state index contributed by atoms with van der Waals surface area (Å²) in [5.74, 6) is 0.899. The smallest absolute Gasteiger partial charge is 0.194 e. The van der Waals surface area contributed by atoms with Gasteiger partial charge in [-0.3, -0.25) is 4.99 Å². The molecule has 0 fully saturated rings. The highest BCUT2D eigenvalue weighted by Gasteiger charge is 2.08. The number of hydrogen-bond acceptors (Lipinski definition) is 2. The lowest BCUT2D eigenvalue weighted by Crippen LogP contribution is -2.38. The summed E-state index contributed by atoms with van der Waals surface area (Å²) in [6, 6.07) is 8.37. The largest absolute Gasteiger partial charge is 0.353 e. The van der Waals surface area contributed by atoms with Crippen molar-refractivity contribution in [1.82, 2.24) is 14.8 Å². The van der Waals surface area contributed by atoms with Crippen molar-refractivity contribution in [3.63, 3.8) is 0 Å². The van der Waals surface area contributed by atoms with Crippen LogP contribution in [0.2, 0.25) is 0 Å². The number of thiophene rings is 1. The molecule has 6 heteroatoms. The molecule has 0 radical (unpaired) electrons. The summed E-state index contributed by atoms with van der Waals surface area (Å²) in [5.41, 5.74) is 1.23. The second kappa shape index (κ2) is 6.95. The Labute approximate surface area is 132 Å². The van der Waals surface area contributed by atoms with Crippen molar-refractivity contribution in [1.29, 1.82) is 0 Å². The van der Waals surface area contributed by atoms with Gasteiger partial charge in [0.1, 0.15) is 0 Å². The van der Waals surface area contributed by atoms with Crippen molar-refractivity contribution in [3.05, 3.63) is 44.8 Å². The van der Waals surface area contributed by atoms with Crippen molar-refractivity contribution < 1.29 is 0 Å². The van der Waals surface area contributed by atoms with Crippen molar-refractivity contribution in [2.75, 3.05) is 14.1 Å². The Bertz CT molecular complexity index is 588. The Morgan fingerprint density at radius 1 is 1.45 bits per heavy atom. The topological polar surface area (TPSA) is 32.6 Å². The van der Waals surface area contributed by atoms with Crippen LogP contribution in [-0.2, 0) is 20.1 Å². The van der Waals surface area contributed by atoms with Crippen molar-refractivity contribution in [2.45, 2.75) is 13.1 Å². The molecule has 2 aromatic rings. The maximum atomic E-state index is 4.34. The Kier molecular flexibility index (Phi) is 5.25. The number of guanidine groups is 1. The van der Waals surface area contributed by atoms with E-state index in [0.29, 0.717) is 0 Å². The summed E-state index contributed by atoms with van der Waals surface area (Å²) >= 11 is 5.24. The molecule has 0 aromatic carbocycles. The average Bonchev–Trinajstić information content (AvgIpc) is 3.00. The Balaban J connectivity index is 1.93. The first-order valence-electron chi connectivity index (χ1n) is 6.36. The molecule has 0 spiro atoms. The number of aryl methyl sites for hydroxylation is 1. The van der Waals surface area contributed by atoms with Crippen molar-refractivity contribution in [3.8, 4) is 0 Å². The normalized spacial score (nSPS) is 11.7. The van der Waals surface area contributed by atoms with Gasteiger partial charge < -0.3 is 14.8 Å². The number of nitrogens with one attached hydrogen (secondary N) is 1. The lowest BCUT2D eigenvalue weighted by atomic mass is 10.4. The third-order valence-corrected chi connectivity index (χ3v) is 4.68. The first-order valence-corrected chi connectivity index (χ1v) is 7.97. The number of aromatic nitrogens is 1. The molecule has 108 valence electrons. The minimum absolute atomic E-state index is 0.772. The van der Waals surface area contributed by atoms with Gasteiger partial charge in [0.2, 0.25) is 0 Å². The van der Waals surface area contributed by atoms with Crippen LogP contribution in [0.3, 0.4) is 0 Å². The first-order chi connectivity index (χ1) is 9.60. The molecule has 4 nitrogen and oxygen atoms in total. The quantitative estimate of drug-likeness (QED) is 0.675.